The van der Waals surface area contributed by atoms with Gasteiger partial charge in [0, 0.05) is 51.3 Å². The van der Waals surface area contributed by atoms with Gasteiger partial charge >= 0.3 is 308 Å². The molecule has 0 N–H and O–H groups in total. The van der Waals surface area contributed by atoms with Crippen LogP contribution in [0.3, 0.4) is 0 Å². The van der Waals surface area contributed by atoms with E-state index in [1.807, 2.05) is 42.7 Å². The van der Waals surface area contributed by atoms with Crippen LogP contribution in [0.15, 0.2) is 340 Å². The fraction of sp³-hybridized carbons (Fsp3) is 0.0526. The van der Waals surface area contributed by atoms with Crippen LogP contribution in [0, 0.1) is 24.3 Å². The standard InChI is InChI=1S/2C34H17N4.C23H14NSe.C23H22NSe.2Ir/c2*1-3-19-7-9-23-13-17-27(25-15-11-21(5-1)29(19)31(23)25)33-35-37-34(38-36-33)28-18-14-24-10-8-20-4-2-6-22-12-16-26(28)32(24)30(20)22;1-2-7-16(8-3-1)17-12-13-22-20(15-17)18-9-6-10-19(23(18)25-22)21-11-4-5-14-24-21;1-14(2)16-8-9-22-20(12-16)18-6-5-7-19(23(18)25-22)21-13-17(15(3)4)10-11-24-21;;/h2*1-17H;1-9,11-15H;5-6,8-15H,1-4H3;;/q4*-1;;. The van der Waals surface area contributed by atoms with Gasteiger partial charge in [0.25, 0.3) is 0 Å². The number of aromatic nitrogens is 10. The minimum atomic E-state index is 0. The Labute approximate surface area is 775 Å². The van der Waals surface area contributed by atoms with Gasteiger partial charge in [-0.05, 0) is 109 Å². The monoisotopic (exact) mass is 2120 g/mol. The summed E-state index contributed by atoms with van der Waals surface area (Å²) in [4.78, 5) is 9.19. The van der Waals surface area contributed by atoms with Crippen LogP contribution in [0.1, 0.15) is 50.7 Å². The number of hydrogen-bond donors (Lipinski definition) is 0. The zero-order valence-electron chi connectivity index (χ0n) is 69.4. The van der Waals surface area contributed by atoms with E-state index in [2.05, 4.69) is 400 Å². The van der Waals surface area contributed by atoms with Crippen LogP contribution < -0.4 is 0 Å². The number of rotatable bonds is 9. The summed E-state index contributed by atoms with van der Waals surface area (Å²) in [6.07, 6.45) is 3.79. The Morgan fingerprint density at radius 2 is 0.617 bits per heavy atom. The van der Waals surface area contributed by atoms with Crippen LogP contribution in [-0.2, 0) is 40.2 Å². The van der Waals surface area contributed by atoms with Crippen LogP contribution in [0.25, 0.3) is 247 Å². The van der Waals surface area contributed by atoms with Crippen molar-refractivity contribution in [3.8, 4) is 79.2 Å². The van der Waals surface area contributed by atoms with Crippen molar-refractivity contribution < 1.29 is 40.2 Å². The molecule has 0 saturated heterocycles. The van der Waals surface area contributed by atoms with Gasteiger partial charge in [0.15, 0.2) is 0 Å². The van der Waals surface area contributed by atoms with Crippen molar-refractivity contribution in [3.05, 3.63) is 375 Å². The average Bonchev–Trinajstić information content (AvgIpc) is 1.09. The van der Waals surface area contributed by atoms with Crippen molar-refractivity contribution in [1.82, 2.24) is 50.8 Å². The molecule has 0 aliphatic carbocycles. The fourth-order valence-corrected chi connectivity index (χ4v) is 23.9. The summed E-state index contributed by atoms with van der Waals surface area (Å²) < 4.78 is 5.75. The van der Waals surface area contributed by atoms with Crippen molar-refractivity contribution in [1.29, 1.82) is 0 Å². The first-order valence-electron chi connectivity index (χ1n) is 42.4. The molecule has 0 bridgehead atoms. The van der Waals surface area contributed by atoms with Gasteiger partial charge in [-0.15, -0.1) is 44.7 Å². The molecule has 6 heterocycles. The number of fused-ring (bicyclic) bond motifs is 6. The van der Waals surface area contributed by atoms with Crippen molar-refractivity contribution >= 4 is 197 Å². The molecule has 10 nitrogen and oxygen atoms in total. The molecule has 0 aliphatic heterocycles. The molecule has 27 rings (SSSR count). The van der Waals surface area contributed by atoms with Crippen LogP contribution in [0.4, 0.5) is 0 Å². The zero-order chi connectivity index (χ0) is 83.8. The molecule has 0 saturated carbocycles. The van der Waals surface area contributed by atoms with E-state index in [1.165, 1.54) is 163 Å². The summed E-state index contributed by atoms with van der Waals surface area (Å²) in [7, 11) is 0. The summed E-state index contributed by atoms with van der Waals surface area (Å²) in [5.41, 5.74) is 13.2. The Balaban J connectivity index is 0.000000102. The third-order valence-corrected chi connectivity index (χ3v) is 30.2. The van der Waals surface area contributed by atoms with Crippen LogP contribution >= 0.6 is 0 Å². The van der Waals surface area contributed by atoms with Gasteiger partial charge in [-0.2, -0.15) is 20.4 Å². The van der Waals surface area contributed by atoms with E-state index in [1.54, 1.807) is 0 Å². The van der Waals surface area contributed by atoms with Crippen molar-refractivity contribution in [2.75, 3.05) is 0 Å². The summed E-state index contributed by atoms with van der Waals surface area (Å²) in [5, 5.41) is 70.8. The number of nitrogens with zero attached hydrogens (tertiary/aromatic N) is 10. The molecule has 27 aromatic rings. The van der Waals surface area contributed by atoms with Crippen LogP contribution in [0.5, 0.6) is 0 Å². The number of pyridine rings is 2. The van der Waals surface area contributed by atoms with E-state index in [4.69, 9.17) is 0 Å². The number of hydrogen-bond acceptors (Lipinski definition) is 10. The molecule has 0 aliphatic rings. The van der Waals surface area contributed by atoms with Crippen molar-refractivity contribution in [2.24, 2.45) is 0 Å². The molecule has 610 valence electrons. The fourth-order valence-electron chi connectivity index (χ4n) is 18.9. The Hall–Kier alpha value is -13.7. The van der Waals surface area contributed by atoms with Gasteiger partial charge in [-0.3, -0.25) is 0 Å². The molecule has 21 aromatic carbocycles. The molecular formula is C114H70Ir2N10Se2-4. The minimum absolute atomic E-state index is 0. The molecule has 14 heteroatoms. The average molecular weight is 2120 g/mol. The molecule has 0 unspecified atom stereocenters. The topological polar surface area (TPSA) is 129 Å². The van der Waals surface area contributed by atoms with E-state index in [9.17, 15) is 0 Å². The zero-order valence-corrected chi connectivity index (χ0v) is 77.7. The van der Waals surface area contributed by atoms with Gasteiger partial charge in [0.05, 0.1) is 0 Å². The second kappa shape index (κ2) is 32.9. The van der Waals surface area contributed by atoms with Crippen molar-refractivity contribution in [2.45, 2.75) is 39.5 Å². The Morgan fingerprint density at radius 3 is 1.07 bits per heavy atom. The Bertz CT molecular complexity index is 8200. The molecule has 0 spiro atoms. The van der Waals surface area contributed by atoms with E-state index < -0.39 is 0 Å². The van der Waals surface area contributed by atoms with Gasteiger partial charge < -0.3 is 0 Å². The first-order chi connectivity index (χ1) is 62.1. The third kappa shape index (κ3) is 13.7. The Kier molecular flexibility index (Phi) is 20.6. The molecule has 2 radical (unpaired) electrons. The van der Waals surface area contributed by atoms with Crippen LogP contribution in [-0.4, -0.2) is 79.8 Å². The quantitative estimate of drug-likeness (QED) is 0.0782. The number of benzene rings is 21. The predicted octanol–water partition coefficient (Wildman–Crippen LogP) is 28.1. The molecule has 6 aromatic heterocycles. The van der Waals surface area contributed by atoms with Gasteiger partial charge in [-0.1, -0.05) is 225 Å². The molecule has 128 heavy (non-hydrogen) atoms. The molecule has 0 amide bonds. The van der Waals surface area contributed by atoms with Crippen molar-refractivity contribution in [3.63, 3.8) is 0 Å². The van der Waals surface area contributed by atoms with Crippen LogP contribution in [0.2, 0.25) is 0 Å². The molecular weight excluding hydrogens is 2050 g/mol. The maximum absolute atomic E-state index is 4.66. The van der Waals surface area contributed by atoms with Gasteiger partial charge in [0.1, 0.15) is 11.6 Å². The molecule has 0 atom stereocenters. The first kappa shape index (κ1) is 80.1. The second-order valence-corrected chi connectivity index (χ2v) is 37.4. The second-order valence-electron chi connectivity index (χ2n) is 33.0. The van der Waals surface area contributed by atoms with E-state index in [-0.39, 0.29) is 40.2 Å². The van der Waals surface area contributed by atoms with Gasteiger partial charge in [-0.25, -0.2) is 0 Å². The van der Waals surface area contributed by atoms with E-state index >= 15 is 0 Å². The van der Waals surface area contributed by atoms with E-state index in [0.29, 0.717) is 64.1 Å². The summed E-state index contributed by atoms with van der Waals surface area (Å²) in [6.45, 7) is 8.97. The normalized spacial score (nSPS) is 11.8. The summed E-state index contributed by atoms with van der Waals surface area (Å²) >= 11 is 0.618. The summed E-state index contributed by atoms with van der Waals surface area (Å²) in [6, 6.07) is 130. The maximum atomic E-state index is 4.66. The Morgan fingerprint density at radius 1 is 0.242 bits per heavy atom. The molecule has 0 fully saturated rings. The first-order valence-corrected chi connectivity index (χ1v) is 45.9. The summed E-state index contributed by atoms with van der Waals surface area (Å²) in [5.74, 6) is 3.05. The van der Waals surface area contributed by atoms with Gasteiger partial charge in [0.2, 0.25) is 11.6 Å². The van der Waals surface area contributed by atoms with E-state index in [0.717, 1.165) is 71.5 Å². The SMILES string of the molecule is CC(C)c1ccnc(-c2[c-]ccc3c2[se]c2ccc(C(C)C)cc23)c1.[Ir].[Ir].[c-]1cc2ccc3cccc4ccc(c1-c1nnc(-c5ccc6ccc7cccc8ccc5c6c78)nn1)c2c34.[c-]1cc2ccc3cccc4ccc(c1-c1nnc(-c5ccc6ccc7cccc8ccc5c6c78)nn1)c2c34.[c-]1ccc2c([se]c3ccc(-c4ccccc4)cc32)c1-c1ccccn1. The predicted molar refractivity (Wildman–Crippen MR) is 524 cm³/mol. The third-order valence-electron chi connectivity index (χ3n) is 25.1.